The number of ether oxygens (including phenoxy) is 2. The molecule has 0 spiro atoms. The van der Waals surface area contributed by atoms with E-state index in [1.54, 1.807) is 13.3 Å². The maximum absolute atomic E-state index is 9.74. The maximum atomic E-state index is 9.74. The first kappa shape index (κ1) is 16.4. The average molecular weight is 349 g/mol. The molecule has 4 N–H and O–H groups in total. The van der Waals surface area contributed by atoms with Crippen LogP contribution in [0.1, 0.15) is 23.2 Å². The van der Waals surface area contributed by atoms with Crippen LogP contribution in [0.5, 0.6) is 5.75 Å². The molecule has 0 radical (unpaired) electrons. The highest BCUT2D eigenvalue weighted by Gasteiger charge is 2.49. The van der Waals surface area contributed by atoms with E-state index in [-0.39, 0.29) is 30.0 Å². The molecular weight excluding hydrogens is 330 g/mol. The Bertz CT molecular complexity index is 877. The van der Waals surface area contributed by atoms with Gasteiger partial charge in [-0.05, 0) is 29.8 Å². The van der Waals surface area contributed by atoms with E-state index in [4.69, 9.17) is 15.2 Å². The fourth-order valence-corrected chi connectivity index (χ4v) is 3.74. The first-order valence-electron chi connectivity index (χ1n) is 8.35. The van der Waals surface area contributed by atoms with Crippen molar-refractivity contribution in [2.75, 3.05) is 7.11 Å². The Morgan fingerprint density at radius 2 is 2.12 bits per heavy atom. The molecule has 2 aliphatic rings. The van der Waals surface area contributed by atoms with Gasteiger partial charge in [0.2, 0.25) is 5.88 Å². The summed E-state index contributed by atoms with van der Waals surface area (Å²) in [6, 6.07) is 15.6. The summed E-state index contributed by atoms with van der Waals surface area (Å²) in [5.74, 6) is 0.537. The molecular formula is C19H19N5O2. The molecule has 4 atom stereocenters. The topological polar surface area (TPSA) is 105 Å². The van der Waals surface area contributed by atoms with Crippen molar-refractivity contribution < 1.29 is 9.47 Å². The third-order valence-corrected chi connectivity index (χ3v) is 4.91. The van der Waals surface area contributed by atoms with Gasteiger partial charge in [0.05, 0.1) is 24.4 Å². The number of hydrogen-bond acceptors (Lipinski definition) is 7. The average Bonchev–Trinajstić information content (AvgIpc) is 3.10. The molecule has 132 valence electrons. The zero-order chi connectivity index (χ0) is 18.1. The van der Waals surface area contributed by atoms with Crippen molar-refractivity contribution in [2.45, 2.75) is 18.2 Å². The van der Waals surface area contributed by atoms with Gasteiger partial charge in [0.1, 0.15) is 11.8 Å². The van der Waals surface area contributed by atoms with Crippen LogP contribution < -0.4 is 21.3 Å². The van der Waals surface area contributed by atoms with Crippen LogP contribution in [-0.4, -0.2) is 18.3 Å². The van der Waals surface area contributed by atoms with Crippen molar-refractivity contribution in [2.24, 2.45) is 11.7 Å². The maximum Gasteiger partial charge on any atom is 0.200 e. The summed E-state index contributed by atoms with van der Waals surface area (Å²) in [7, 11) is 1.62. The summed E-state index contributed by atoms with van der Waals surface area (Å²) in [5.41, 5.74) is 14.7. The standard InChI is InChI=1S/C19H19N5O2/c1-25-12-6-4-5-11(9-12)15-13(10-20)18(21)26-19-16(15)17(23-24-19)14-7-2-3-8-22-14/h2-9,15-17,19,23-24H,21H2,1H3. The van der Waals surface area contributed by atoms with Crippen molar-refractivity contribution in [1.29, 1.82) is 5.26 Å². The minimum absolute atomic E-state index is 0.0982. The number of hydrogen-bond donors (Lipinski definition) is 3. The lowest BCUT2D eigenvalue weighted by molar-refractivity contribution is 0.0338. The summed E-state index contributed by atoms with van der Waals surface area (Å²) < 4.78 is 11.1. The van der Waals surface area contributed by atoms with Crippen LogP contribution in [0.25, 0.3) is 0 Å². The highest BCUT2D eigenvalue weighted by atomic mass is 16.5. The number of aromatic nitrogens is 1. The zero-order valence-electron chi connectivity index (χ0n) is 14.2. The number of methoxy groups -OCH3 is 1. The van der Waals surface area contributed by atoms with E-state index >= 15 is 0 Å². The number of allylic oxidation sites excluding steroid dienone is 1. The molecule has 1 aromatic heterocycles. The van der Waals surface area contributed by atoms with Crippen LogP contribution in [-0.2, 0) is 4.74 Å². The highest BCUT2D eigenvalue weighted by molar-refractivity contribution is 5.44. The largest absolute Gasteiger partial charge is 0.497 e. The van der Waals surface area contributed by atoms with E-state index in [2.05, 4.69) is 21.9 Å². The minimum Gasteiger partial charge on any atom is -0.497 e. The third-order valence-electron chi connectivity index (χ3n) is 4.91. The first-order chi connectivity index (χ1) is 12.7. The Labute approximate surface area is 151 Å². The molecule has 0 amide bonds. The molecule has 2 aliphatic heterocycles. The SMILES string of the molecule is COc1cccc(C2C(C#N)=C(N)OC3NNC(c4ccccn4)C32)c1. The van der Waals surface area contributed by atoms with Gasteiger partial charge in [-0.25, -0.2) is 10.9 Å². The number of nitrogens with zero attached hydrogens (tertiary/aromatic N) is 2. The van der Waals surface area contributed by atoms with E-state index in [9.17, 15) is 5.26 Å². The molecule has 2 aromatic rings. The number of fused-ring (bicyclic) bond motifs is 1. The van der Waals surface area contributed by atoms with Gasteiger partial charge in [-0.15, -0.1) is 0 Å². The number of hydrazine groups is 1. The number of rotatable bonds is 3. The molecule has 3 heterocycles. The Morgan fingerprint density at radius 1 is 1.23 bits per heavy atom. The van der Waals surface area contributed by atoms with Crippen LogP contribution >= 0.6 is 0 Å². The second-order valence-corrected chi connectivity index (χ2v) is 6.28. The van der Waals surface area contributed by atoms with Crippen LogP contribution in [0, 0.1) is 17.2 Å². The normalized spacial score (nSPS) is 27.4. The molecule has 26 heavy (non-hydrogen) atoms. The molecule has 4 unspecified atom stereocenters. The monoisotopic (exact) mass is 349 g/mol. The van der Waals surface area contributed by atoms with E-state index in [0.29, 0.717) is 5.57 Å². The van der Waals surface area contributed by atoms with Crippen molar-refractivity contribution in [3.63, 3.8) is 0 Å². The van der Waals surface area contributed by atoms with Crippen LogP contribution in [0.15, 0.2) is 60.1 Å². The fraction of sp³-hybridized carbons (Fsp3) is 0.263. The Hall–Kier alpha value is -3.08. The summed E-state index contributed by atoms with van der Waals surface area (Å²) in [6.45, 7) is 0. The Balaban J connectivity index is 1.83. The van der Waals surface area contributed by atoms with E-state index in [0.717, 1.165) is 17.0 Å². The highest BCUT2D eigenvalue weighted by Crippen LogP contribution is 2.47. The van der Waals surface area contributed by atoms with Gasteiger partial charge in [-0.2, -0.15) is 5.26 Å². The Morgan fingerprint density at radius 3 is 2.85 bits per heavy atom. The van der Waals surface area contributed by atoms with Gasteiger partial charge in [-0.3, -0.25) is 4.98 Å². The third kappa shape index (κ3) is 2.65. The first-order valence-corrected chi connectivity index (χ1v) is 8.35. The van der Waals surface area contributed by atoms with Crippen molar-refractivity contribution in [1.82, 2.24) is 15.8 Å². The second kappa shape index (κ2) is 6.67. The number of nitrogens with two attached hydrogens (primary N) is 1. The van der Waals surface area contributed by atoms with E-state index in [1.807, 2.05) is 42.5 Å². The Kier molecular flexibility index (Phi) is 4.21. The molecule has 7 nitrogen and oxygen atoms in total. The molecule has 4 rings (SSSR count). The summed E-state index contributed by atoms with van der Waals surface area (Å²) >= 11 is 0. The second-order valence-electron chi connectivity index (χ2n) is 6.28. The van der Waals surface area contributed by atoms with E-state index < -0.39 is 0 Å². The predicted octanol–water partition coefficient (Wildman–Crippen LogP) is 1.69. The molecule has 7 heteroatoms. The van der Waals surface area contributed by atoms with E-state index in [1.165, 1.54) is 0 Å². The number of pyridine rings is 1. The van der Waals surface area contributed by atoms with Gasteiger partial charge in [0, 0.05) is 18.0 Å². The van der Waals surface area contributed by atoms with Crippen LogP contribution in [0.3, 0.4) is 0 Å². The van der Waals surface area contributed by atoms with Crippen LogP contribution in [0.4, 0.5) is 0 Å². The summed E-state index contributed by atoms with van der Waals surface area (Å²) in [4.78, 5) is 4.47. The predicted molar refractivity (Wildman–Crippen MR) is 94.2 cm³/mol. The lowest BCUT2D eigenvalue weighted by Crippen LogP contribution is -2.41. The molecule has 0 saturated carbocycles. The molecule has 1 aromatic carbocycles. The summed E-state index contributed by atoms with van der Waals surface area (Å²) in [5, 5.41) is 9.74. The molecule has 1 fully saturated rings. The fourth-order valence-electron chi connectivity index (χ4n) is 3.74. The molecule has 0 bridgehead atoms. The van der Waals surface area contributed by atoms with Gasteiger partial charge in [0.25, 0.3) is 0 Å². The van der Waals surface area contributed by atoms with Gasteiger partial charge in [0.15, 0.2) is 6.23 Å². The van der Waals surface area contributed by atoms with Crippen molar-refractivity contribution in [3.05, 3.63) is 71.4 Å². The van der Waals surface area contributed by atoms with Gasteiger partial charge in [-0.1, -0.05) is 18.2 Å². The quantitative estimate of drug-likeness (QED) is 0.774. The number of benzene rings is 1. The minimum atomic E-state index is -0.365. The molecule has 0 aliphatic carbocycles. The lowest BCUT2D eigenvalue weighted by atomic mass is 9.75. The van der Waals surface area contributed by atoms with Gasteiger partial charge >= 0.3 is 0 Å². The zero-order valence-corrected chi connectivity index (χ0v) is 14.2. The number of nitriles is 1. The van der Waals surface area contributed by atoms with Crippen LogP contribution in [0.2, 0.25) is 0 Å². The van der Waals surface area contributed by atoms with Gasteiger partial charge < -0.3 is 15.2 Å². The van der Waals surface area contributed by atoms with Crippen molar-refractivity contribution in [3.8, 4) is 11.8 Å². The smallest absolute Gasteiger partial charge is 0.200 e. The lowest BCUT2D eigenvalue weighted by Gasteiger charge is -2.35. The number of nitrogens with one attached hydrogen (secondary N) is 2. The molecule has 1 saturated heterocycles. The van der Waals surface area contributed by atoms with Crippen molar-refractivity contribution >= 4 is 0 Å². The summed E-state index contributed by atoms with van der Waals surface area (Å²) in [6.07, 6.45) is 1.39.